The standard InChI is InChI=1S/C17H15ClN2O3/c18-15-10-14(11-20-16(15)21)8-4-5-9-19-17(22)23-12-13-6-2-1-3-7-13/h1-3,6-7,10-11H,5,9,12H2,(H,19,22)(H,20,21). The lowest BCUT2D eigenvalue weighted by Gasteiger charge is -2.05. The fourth-order valence-corrected chi connectivity index (χ4v) is 1.87. The molecule has 0 aliphatic rings. The summed E-state index contributed by atoms with van der Waals surface area (Å²) < 4.78 is 5.07. The monoisotopic (exact) mass is 330 g/mol. The van der Waals surface area contributed by atoms with Gasteiger partial charge in [-0.1, -0.05) is 53.8 Å². The third-order valence-corrected chi connectivity index (χ3v) is 3.10. The molecule has 23 heavy (non-hydrogen) atoms. The van der Waals surface area contributed by atoms with Crippen LogP contribution in [0.3, 0.4) is 0 Å². The summed E-state index contributed by atoms with van der Waals surface area (Å²) in [6.07, 6.45) is 1.46. The topological polar surface area (TPSA) is 71.2 Å². The molecule has 0 saturated carbocycles. The number of carbonyl (C=O) groups is 1. The molecule has 2 N–H and O–H groups in total. The number of benzene rings is 1. The predicted octanol–water partition coefficient (Wildman–Crippen LogP) is 2.70. The number of hydrogen-bond acceptors (Lipinski definition) is 3. The Morgan fingerprint density at radius 1 is 1.30 bits per heavy atom. The molecule has 1 amide bonds. The second kappa shape index (κ2) is 8.66. The van der Waals surface area contributed by atoms with Crippen LogP contribution in [0, 0.1) is 11.8 Å². The molecule has 0 aliphatic heterocycles. The predicted molar refractivity (Wildman–Crippen MR) is 88.2 cm³/mol. The summed E-state index contributed by atoms with van der Waals surface area (Å²) in [7, 11) is 0. The average Bonchev–Trinajstić information content (AvgIpc) is 2.57. The minimum absolute atomic E-state index is 0.0967. The first-order valence-corrected chi connectivity index (χ1v) is 7.34. The molecule has 118 valence electrons. The summed E-state index contributed by atoms with van der Waals surface area (Å²) >= 11 is 5.70. The number of hydrogen-bond donors (Lipinski definition) is 2. The van der Waals surface area contributed by atoms with Gasteiger partial charge in [0.05, 0.1) is 0 Å². The summed E-state index contributed by atoms with van der Waals surface area (Å²) in [4.78, 5) is 25.1. The van der Waals surface area contributed by atoms with Crippen LogP contribution >= 0.6 is 11.6 Å². The first-order valence-electron chi connectivity index (χ1n) is 6.97. The SMILES string of the molecule is O=C(NCCC#Cc1c[nH]c(=O)c(Cl)c1)OCc1ccccc1. The summed E-state index contributed by atoms with van der Waals surface area (Å²) in [5.74, 6) is 5.72. The van der Waals surface area contributed by atoms with Crippen LogP contribution in [0.25, 0.3) is 0 Å². The molecule has 1 heterocycles. The maximum atomic E-state index is 11.5. The zero-order valence-electron chi connectivity index (χ0n) is 12.3. The molecule has 0 radical (unpaired) electrons. The minimum Gasteiger partial charge on any atom is -0.445 e. The van der Waals surface area contributed by atoms with Gasteiger partial charge in [-0.25, -0.2) is 4.79 Å². The van der Waals surface area contributed by atoms with Crippen molar-refractivity contribution in [2.75, 3.05) is 6.54 Å². The molecule has 6 heteroatoms. The van der Waals surface area contributed by atoms with Gasteiger partial charge >= 0.3 is 6.09 Å². The molecule has 1 aromatic heterocycles. The first-order chi connectivity index (χ1) is 11.1. The Bertz CT molecular complexity index is 776. The Kier molecular flexibility index (Phi) is 6.28. The number of carbonyl (C=O) groups excluding carboxylic acids is 1. The lowest BCUT2D eigenvalue weighted by molar-refractivity contribution is 0.140. The van der Waals surface area contributed by atoms with E-state index >= 15 is 0 Å². The number of nitrogens with one attached hydrogen (secondary N) is 2. The number of pyridine rings is 1. The van der Waals surface area contributed by atoms with Crippen molar-refractivity contribution in [1.29, 1.82) is 0 Å². The van der Waals surface area contributed by atoms with Crippen LogP contribution in [-0.2, 0) is 11.3 Å². The smallest absolute Gasteiger partial charge is 0.407 e. The van der Waals surface area contributed by atoms with Crippen LogP contribution in [0.1, 0.15) is 17.5 Å². The third-order valence-electron chi connectivity index (χ3n) is 2.82. The Morgan fingerprint density at radius 2 is 2.09 bits per heavy atom. The van der Waals surface area contributed by atoms with Crippen LogP contribution in [0.4, 0.5) is 4.79 Å². The van der Waals surface area contributed by atoms with Gasteiger partial charge in [-0.05, 0) is 11.6 Å². The Labute approximate surface area is 138 Å². The van der Waals surface area contributed by atoms with E-state index < -0.39 is 6.09 Å². The van der Waals surface area contributed by atoms with Crippen molar-refractivity contribution in [2.45, 2.75) is 13.0 Å². The van der Waals surface area contributed by atoms with Crippen molar-refractivity contribution in [2.24, 2.45) is 0 Å². The molecule has 2 aromatic rings. The number of aromatic amines is 1. The Morgan fingerprint density at radius 3 is 2.83 bits per heavy atom. The fourth-order valence-electron chi connectivity index (χ4n) is 1.69. The maximum absolute atomic E-state index is 11.5. The second-order valence-corrected chi connectivity index (χ2v) is 5.01. The van der Waals surface area contributed by atoms with Gasteiger partial charge in [-0.2, -0.15) is 0 Å². The van der Waals surface area contributed by atoms with E-state index in [1.165, 1.54) is 12.3 Å². The lowest BCUT2D eigenvalue weighted by Crippen LogP contribution is -2.24. The molecule has 0 unspecified atom stereocenters. The molecular formula is C17H15ClN2O3. The van der Waals surface area contributed by atoms with E-state index in [1.54, 1.807) is 0 Å². The van der Waals surface area contributed by atoms with Crippen molar-refractivity contribution in [3.8, 4) is 11.8 Å². The fraction of sp³-hybridized carbons (Fsp3) is 0.176. The van der Waals surface area contributed by atoms with E-state index in [4.69, 9.17) is 16.3 Å². The third kappa shape index (κ3) is 5.89. The summed E-state index contributed by atoms with van der Waals surface area (Å²) in [5.41, 5.74) is 1.19. The highest BCUT2D eigenvalue weighted by atomic mass is 35.5. The van der Waals surface area contributed by atoms with E-state index in [0.717, 1.165) is 5.56 Å². The van der Waals surface area contributed by atoms with Crippen LogP contribution < -0.4 is 10.9 Å². The van der Waals surface area contributed by atoms with Crippen LogP contribution in [0.2, 0.25) is 5.02 Å². The molecular weight excluding hydrogens is 316 g/mol. The molecule has 0 spiro atoms. The minimum atomic E-state index is -0.484. The number of amides is 1. The maximum Gasteiger partial charge on any atom is 0.407 e. The Hall–Kier alpha value is -2.71. The normalized spacial score (nSPS) is 9.61. The average molecular weight is 331 g/mol. The quantitative estimate of drug-likeness (QED) is 0.669. The summed E-state index contributed by atoms with van der Waals surface area (Å²) in [6, 6.07) is 10.9. The van der Waals surface area contributed by atoms with Crippen molar-refractivity contribution in [3.05, 3.63) is 69.1 Å². The van der Waals surface area contributed by atoms with Crippen LogP contribution in [-0.4, -0.2) is 17.6 Å². The number of halogens is 1. The molecule has 0 fully saturated rings. The lowest BCUT2D eigenvalue weighted by atomic mass is 10.2. The number of ether oxygens (including phenoxy) is 1. The molecule has 0 bridgehead atoms. The van der Waals surface area contributed by atoms with Crippen LogP contribution in [0.15, 0.2) is 47.4 Å². The number of aromatic nitrogens is 1. The van der Waals surface area contributed by atoms with Gasteiger partial charge in [0, 0.05) is 24.7 Å². The van der Waals surface area contributed by atoms with E-state index in [9.17, 15) is 9.59 Å². The van der Waals surface area contributed by atoms with Crippen molar-refractivity contribution >= 4 is 17.7 Å². The number of H-pyrrole nitrogens is 1. The zero-order chi connectivity index (χ0) is 16.5. The van der Waals surface area contributed by atoms with Gasteiger partial charge in [0.15, 0.2) is 0 Å². The van der Waals surface area contributed by atoms with E-state index in [2.05, 4.69) is 22.1 Å². The summed E-state index contributed by atoms with van der Waals surface area (Å²) in [6.45, 7) is 0.603. The summed E-state index contributed by atoms with van der Waals surface area (Å²) in [5, 5.41) is 2.71. The Balaban J connectivity index is 1.69. The molecule has 0 saturated heterocycles. The van der Waals surface area contributed by atoms with Crippen molar-refractivity contribution in [3.63, 3.8) is 0 Å². The van der Waals surface area contributed by atoms with Crippen molar-refractivity contribution in [1.82, 2.24) is 10.3 Å². The van der Waals surface area contributed by atoms with Crippen LogP contribution in [0.5, 0.6) is 0 Å². The number of rotatable bonds is 4. The van der Waals surface area contributed by atoms with E-state index in [-0.39, 0.29) is 17.2 Å². The van der Waals surface area contributed by atoms with E-state index in [1.807, 2.05) is 30.3 Å². The zero-order valence-corrected chi connectivity index (χ0v) is 13.0. The molecule has 0 atom stereocenters. The second-order valence-electron chi connectivity index (χ2n) is 4.61. The molecule has 0 aliphatic carbocycles. The van der Waals surface area contributed by atoms with Gasteiger partial charge in [0.1, 0.15) is 11.6 Å². The van der Waals surface area contributed by atoms with Crippen molar-refractivity contribution < 1.29 is 9.53 Å². The van der Waals surface area contributed by atoms with Gasteiger partial charge in [-0.3, -0.25) is 4.79 Å². The van der Waals surface area contributed by atoms with Gasteiger partial charge in [-0.15, -0.1) is 0 Å². The molecule has 5 nitrogen and oxygen atoms in total. The van der Waals surface area contributed by atoms with Gasteiger partial charge in [0.2, 0.25) is 0 Å². The van der Waals surface area contributed by atoms with Gasteiger partial charge in [0.25, 0.3) is 5.56 Å². The molecule has 2 rings (SSSR count). The van der Waals surface area contributed by atoms with Gasteiger partial charge < -0.3 is 15.0 Å². The van der Waals surface area contributed by atoms with E-state index in [0.29, 0.717) is 18.5 Å². The first kappa shape index (κ1) is 16.7. The number of alkyl carbamates (subject to hydrolysis) is 1. The highest BCUT2D eigenvalue weighted by Crippen LogP contribution is 2.02. The highest BCUT2D eigenvalue weighted by molar-refractivity contribution is 6.30. The largest absolute Gasteiger partial charge is 0.445 e. The molecule has 1 aromatic carbocycles. The highest BCUT2D eigenvalue weighted by Gasteiger charge is 2.00.